The minimum Gasteiger partial charge on any atom is -0.495 e. The maximum absolute atomic E-state index is 12.2. The average Bonchev–Trinajstić information content (AvgIpc) is 2.64. The fourth-order valence-electron chi connectivity index (χ4n) is 2.17. The van der Waals surface area contributed by atoms with Gasteiger partial charge in [-0.05, 0) is 47.1 Å². The number of nitrogens with zero attached hydrogens (tertiary/aromatic N) is 1. The first-order valence-electron chi connectivity index (χ1n) is 7.78. The van der Waals surface area contributed by atoms with Crippen LogP contribution in [-0.2, 0) is 4.79 Å². The molecule has 0 radical (unpaired) electrons. The molecular formula is C18H19BrN2O5. The van der Waals surface area contributed by atoms with Crippen LogP contribution in [0.2, 0.25) is 0 Å². The molecular weight excluding hydrogens is 404 g/mol. The van der Waals surface area contributed by atoms with Crippen LogP contribution < -0.4 is 19.5 Å². The lowest BCUT2D eigenvalue weighted by atomic mass is 10.2. The van der Waals surface area contributed by atoms with Gasteiger partial charge in [-0.1, -0.05) is 17.3 Å². The van der Waals surface area contributed by atoms with Gasteiger partial charge in [0.2, 0.25) is 0 Å². The number of rotatable bonds is 8. The standard InChI is InChI=1S/C18H19BrN2O5/c1-3-25-16-8-12(10-20-23)13(19)9-17(16)26-11-18(22)21-14-6-4-5-7-15(14)24-2/h4-10,23H,3,11H2,1-2H3,(H,21,22)/b20-10-. The van der Waals surface area contributed by atoms with Crippen LogP contribution in [0, 0.1) is 0 Å². The molecule has 7 nitrogen and oxygen atoms in total. The summed E-state index contributed by atoms with van der Waals surface area (Å²) in [7, 11) is 1.53. The number of amides is 1. The summed E-state index contributed by atoms with van der Waals surface area (Å²) in [5.74, 6) is 1.06. The highest BCUT2D eigenvalue weighted by Crippen LogP contribution is 2.33. The number of carbonyl (C=O) groups excluding carboxylic acids is 1. The van der Waals surface area contributed by atoms with Crippen molar-refractivity contribution in [1.29, 1.82) is 0 Å². The largest absolute Gasteiger partial charge is 0.495 e. The molecule has 2 rings (SSSR count). The van der Waals surface area contributed by atoms with E-state index in [2.05, 4.69) is 26.4 Å². The van der Waals surface area contributed by atoms with Crippen LogP contribution in [0.25, 0.3) is 0 Å². The van der Waals surface area contributed by atoms with E-state index in [4.69, 9.17) is 19.4 Å². The molecule has 0 spiro atoms. The number of methoxy groups -OCH3 is 1. The summed E-state index contributed by atoms with van der Waals surface area (Å²) >= 11 is 3.36. The molecule has 0 atom stereocenters. The van der Waals surface area contributed by atoms with E-state index in [1.54, 1.807) is 30.3 Å². The highest BCUT2D eigenvalue weighted by molar-refractivity contribution is 9.10. The van der Waals surface area contributed by atoms with Crippen LogP contribution in [0.1, 0.15) is 12.5 Å². The number of ether oxygens (including phenoxy) is 3. The number of benzene rings is 2. The summed E-state index contributed by atoms with van der Waals surface area (Å²) < 4.78 is 17.0. The molecule has 138 valence electrons. The third-order valence-corrected chi connectivity index (χ3v) is 3.99. The number of halogens is 1. The minimum absolute atomic E-state index is 0.210. The Morgan fingerprint density at radius 2 is 1.96 bits per heavy atom. The number of carbonyl (C=O) groups is 1. The molecule has 0 aliphatic rings. The molecule has 0 aliphatic heterocycles. The molecule has 0 heterocycles. The molecule has 8 heteroatoms. The highest BCUT2D eigenvalue weighted by atomic mass is 79.9. The van der Waals surface area contributed by atoms with Gasteiger partial charge in [-0.3, -0.25) is 4.79 Å². The van der Waals surface area contributed by atoms with Crippen molar-refractivity contribution in [1.82, 2.24) is 0 Å². The van der Waals surface area contributed by atoms with E-state index >= 15 is 0 Å². The Bertz CT molecular complexity index is 795. The summed E-state index contributed by atoms with van der Waals surface area (Å²) in [4.78, 5) is 12.2. The van der Waals surface area contributed by atoms with Crippen molar-refractivity contribution in [2.45, 2.75) is 6.92 Å². The lowest BCUT2D eigenvalue weighted by molar-refractivity contribution is -0.118. The zero-order chi connectivity index (χ0) is 18.9. The summed E-state index contributed by atoms with van der Waals surface area (Å²) in [5, 5.41) is 14.4. The van der Waals surface area contributed by atoms with Gasteiger partial charge in [0.25, 0.3) is 5.91 Å². The maximum Gasteiger partial charge on any atom is 0.262 e. The number of oxime groups is 1. The molecule has 0 aromatic heterocycles. The predicted octanol–water partition coefficient (Wildman–Crippen LogP) is 3.68. The summed E-state index contributed by atoms with van der Waals surface area (Å²) in [6, 6.07) is 10.4. The third kappa shape index (κ3) is 5.13. The molecule has 0 fully saturated rings. The molecule has 26 heavy (non-hydrogen) atoms. The normalized spacial score (nSPS) is 10.6. The lowest BCUT2D eigenvalue weighted by Crippen LogP contribution is -2.20. The lowest BCUT2D eigenvalue weighted by Gasteiger charge is -2.14. The quantitative estimate of drug-likeness (QED) is 0.384. The van der Waals surface area contributed by atoms with Crippen molar-refractivity contribution in [2.24, 2.45) is 5.16 Å². The van der Waals surface area contributed by atoms with Crippen molar-refractivity contribution < 1.29 is 24.2 Å². The van der Waals surface area contributed by atoms with Crippen LogP contribution in [0.3, 0.4) is 0 Å². The van der Waals surface area contributed by atoms with Crippen LogP contribution >= 0.6 is 15.9 Å². The molecule has 0 saturated carbocycles. The van der Waals surface area contributed by atoms with Crippen molar-refractivity contribution >= 4 is 33.7 Å². The molecule has 2 N–H and O–H groups in total. The van der Waals surface area contributed by atoms with Gasteiger partial charge in [0, 0.05) is 10.0 Å². The van der Waals surface area contributed by atoms with Gasteiger partial charge in [0.05, 0.1) is 25.6 Å². The average molecular weight is 423 g/mol. The van der Waals surface area contributed by atoms with E-state index in [9.17, 15) is 4.79 Å². The monoisotopic (exact) mass is 422 g/mol. The molecule has 1 amide bonds. The van der Waals surface area contributed by atoms with Gasteiger partial charge >= 0.3 is 0 Å². The van der Waals surface area contributed by atoms with Crippen LogP contribution in [0.15, 0.2) is 46.0 Å². The van der Waals surface area contributed by atoms with Gasteiger partial charge in [0.1, 0.15) is 5.75 Å². The van der Waals surface area contributed by atoms with E-state index < -0.39 is 0 Å². The number of hydrogen-bond acceptors (Lipinski definition) is 6. The minimum atomic E-state index is -0.339. The zero-order valence-corrected chi connectivity index (χ0v) is 15.9. The Morgan fingerprint density at radius 1 is 1.23 bits per heavy atom. The molecule has 0 aliphatic carbocycles. The molecule has 2 aromatic rings. The Hall–Kier alpha value is -2.74. The van der Waals surface area contributed by atoms with Crippen LogP contribution in [0.4, 0.5) is 5.69 Å². The first kappa shape index (κ1) is 19.6. The summed E-state index contributed by atoms with van der Waals surface area (Å²) in [6.07, 6.45) is 1.27. The van der Waals surface area contributed by atoms with Crippen LogP contribution in [-0.4, -0.2) is 37.7 Å². The van der Waals surface area contributed by atoms with Gasteiger partial charge in [-0.15, -0.1) is 0 Å². The Balaban J connectivity index is 2.10. The number of hydrogen-bond donors (Lipinski definition) is 2. The zero-order valence-electron chi connectivity index (χ0n) is 14.4. The Labute approximate surface area is 159 Å². The summed E-state index contributed by atoms with van der Waals surface area (Å²) in [6.45, 7) is 2.04. The Kier molecular flexibility index (Phi) is 7.28. The van der Waals surface area contributed by atoms with E-state index in [-0.39, 0.29) is 12.5 Å². The van der Waals surface area contributed by atoms with E-state index in [0.29, 0.717) is 39.6 Å². The number of para-hydroxylation sites is 2. The second kappa shape index (κ2) is 9.67. The van der Waals surface area contributed by atoms with Crippen molar-refractivity contribution in [3.63, 3.8) is 0 Å². The highest BCUT2D eigenvalue weighted by Gasteiger charge is 2.13. The fraction of sp³-hybridized carbons (Fsp3) is 0.222. The predicted molar refractivity (Wildman–Crippen MR) is 102 cm³/mol. The van der Waals surface area contributed by atoms with E-state index in [1.807, 2.05) is 13.0 Å². The first-order chi connectivity index (χ1) is 12.6. The molecule has 0 bridgehead atoms. The third-order valence-electron chi connectivity index (χ3n) is 3.30. The molecule has 2 aromatic carbocycles. The SMILES string of the molecule is CCOc1cc(/C=N\O)c(Br)cc1OCC(=O)Nc1ccccc1OC. The van der Waals surface area contributed by atoms with Gasteiger partial charge in [-0.2, -0.15) is 0 Å². The van der Waals surface area contributed by atoms with Gasteiger partial charge in [-0.25, -0.2) is 0 Å². The van der Waals surface area contributed by atoms with E-state index in [1.165, 1.54) is 13.3 Å². The number of anilines is 1. The first-order valence-corrected chi connectivity index (χ1v) is 8.57. The van der Waals surface area contributed by atoms with Crippen molar-refractivity contribution in [3.8, 4) is 17.2 Å². The van der Waals surface area contributed by atoms with Crippen molar-refractivity contribution in [3.05, 3.63) is 46.4 Å². The fourth-order valence-corrected chi connectivity index (χ4v) is 2.60. The molecule has 0 saturated heterocycles. The van der Waals surface area contributed by atoms with Gasteiger partial charge in [0.15, 0.2) is 18.1 Å². The maximum atomic E-state index is 12.2. The van der Waals surface area contributed by atoms with E-state index in [0.717, 1.165) is 0 Å². The number of nitrogens with one attached hydrogen (secondary N) is 1. The van der Waals surface area contributed by atoms with Crippen LogP contribution in [0.5, 0.6) is 17.2 Å². The Morgan fingerprint density at radius 3 is 2.65 bits per heavy atom. The smallest absolute Gasteiger partial charge is 0.262 e. The summed E-state index contributed by atoms with van der Waals surface area (Å²) in [5.41, 5.74) is 1.17. The second-order valence-electron chi connectivity index (χ2n) is 5.04. The van der Waals surface area contributed by atoms with Gasteiger partial charge < -0.3 is 24.7 Å². The molecule has 0 unspecified atom stereocenters. The van der Waals surface area contributed by atoms with Crippen molar-refractivity contribution in [2.75, 3.05) is 25.6 Å². The second-order valence-corrected chi connectivity index (χ2v) is 5.89. The topological polar surface area (TPSA) is 89.4 Å².